The quantitative estimate of drug-likeness (QED) is 0.673. The first-order chi connectivity index (χ1) is 14.7. The predicted molar refractivity (Wildman–Crippen MR) is 121 cm³/mol. The fourth-order valence-corrected chi connectivity index (χ4v) is 3.91. The maximum Gasteiger partial charge on any atom is 0.410 e. The molecule has 7 heteroatoms. The van der Waals surface area contributed by atoms with Gasteiger partial charge in [-0.3, -0.25) is 9.69 Å². The second-order valence-corrected chi connectivity index (χ2v) is 8.88. The molecule has 1 aliphatic heterocycles. The zero-order chi connectivity index (χ0) is 22.2. The van der Waals surface area contributed by atoms with Crippen molar-refractivity contribution in [2.24, 2.45) is 7.05 Å². The van der Waals surface area contributed by atoms with Crippen LogP contribution in [0.15, 0.2) is 48.5 Å². The zero-order valence-electron chi connectivity index (χ0n) is 18.4. The summed E-state index contributed by atoms with van der Waals surface area (Å²) in [5.41, 5.74) is 3.07. The Morgan fingerprint density at radius 1 is 1.10 bits per heavy atom. The Morgan fingerprint density at radius 2 is 1.81 bits per heavy atom. The van der Waals surface area contributed by atoms with Gasteiger partial charge in [0.25, 0.3) is 0 Å². The molecule has 2 amide bonds. The van der Waals surface area contributed by atoms with Crippen LogP contribution in [0.2, 0.25) is 0 Å². The molecule has 162 valence electrons. The number of benzene rings is 2. The molecule has 1 unspecified atom stereocenters. The lowest BCUT2D eigenvalue weighted by Crippen LogP contribution is -2.45. The summed E-state index contributed by atoms with van der Waals surface area (Å²) in [4.78, 5) is 31.5. The Morgan fingerprint density at radius 3 is 2.48 bits per heavy atom. The lowest BCUT2D eigenvalue weighted by Gasteiger charge is -2.28. The summed E-state index contributed by atoms with van der Waals surface area (Å²) in [6, 6.07) is 15.1. The van der Waals surface area contributed by atoms with Gasteiger partial charge in [0.1, 0.15) is 17.5 Å². The van der Waals surface area contributed by atoms with Crippen molar-refractivity contribution >= 4 is 28.7 Å². The summed E-state index contributed by atoms with van der Waals surface area (Å²) in [6.45, 7) is 5.99. The highest BCUT2D eigenvalue weighted by molar-refractivity contribution is 5.97. The molecule has 31 heavy (non-hydrogen) atoms. The van der Waals surface area contributed by atoms with E-state index in [-0.39, 0.29) is 5.91 Å². The van der Waals surface area contributed by atoms with Crippen LogP contribution in [-0.2, 0) is 16.6 Å². The molecule has 1 aromatic heterocycles. The van der Waals surface area contributed by atoms with Gasteiger partial charge in [0.15, 0.2) is 0 Å². The summed E-state index contributed by atoms with van der Waals surface area (Å²) in [5, 5.41) is 2.94. The van der Waals surface area contributed by atoms with Crippen LogP contribution in [-0.4, -0.2) is 44.6 Å². The van der Waals surface area contributed by atoms with Crippen LogP contribution in [0.25, 0.3) is 22.4 Å². The number of hydrogen-bond donors (Lipinski definition) is 1. The standard InChI is InChI=1S/C24H28N4O3/c1-24(2,3)31-23(30)28-15-7-10-20(28)22(29)25-17-13-11-16(12-14-17)21-26-18-8-5-6-9-19(18)27(21)4/h5-6,8-9,11-14,20H,7,10,15H2,1-4H3,(H,25,29). The Hall–Kier alpha value is -3.35. The topological polar surface area (TPSA) is 76.5 Å². The van der Waals surface area contributed by atoms with E-state index < -0.39 is 17.7 Å². The Kier molecular flexibility index (Phi) is 5.43. The van der Waals surface area contributed by atoms with Crippen LogP contribution >= 0.6 is 0 Å². The van der Waals surface area contributed by atoms with Gasteiger partial charge < -0.3 is 14.6 Å². The van der Waals surface area contributed by atoms with Crippen molar-refractivity contribution < 1.29 is 14.3 Å². The molecular weight excluding hydrogens is 392 g/mol. The van der Waals surface area contributed by atoms with E-state index in [1.807, 2.05) is 76.3 Å². The van der Waals surface area contributed by atoms with Crippen molar-refractivity contribution in [2.45, 2.75) is 45.3 Å². The highest BCUT2D eigenvalue weighted by Crippen LogP contribution is 2.26. The number of rotatable bonds is 3. The van der Waals surface area contributed by atoms with Crippen LogP contribution < -0.4 is 5.32 Å². The van der Waals surface area contributed by atoms with E-state index in [0.29, 0.717) is 18.7 Å². The van der Waals surface area contributed by atoms with Gasteiger partial charge in [0.05, 0.1) is 11.0 Å². The van der Waals surface area contributed by atoms with Gasteiger partial charge in [-0.1, -0.05) is 12.1 Å². The number of carbonyl (C=O) groups excluding carboxylic acids is 2. The number of fused-ring (bicyclic) bond motifs is 1. The highest BCUT2D eigenvalue weighted by Gasteiger charge is 2.36. The van der Waals surface area contributed by atoms with Crippen LogP contribution in [0.1, 0.15) is 33.6 Å². The molecule has 1 aliphatic rings. The number of carbonyl (C=O) groups is 2. The molecular formula is C24H28N4O3. The molecule has 0 saturated carbocycles. The van der Waals surface area contributed by atoms with Gasteiger partial charge in [0, 0.05) is 24.8 Å². The summed E-state index contributed by atoms with van der Waals surface area (Å²) in [7, 11) is 1.99. The molecule has 0 aliphatic carbocycles. The summed E-state index contributed by atoms with van der Waals surface area (Å²) < 4.78 is 7.51. The van der Waals surface area contributed by atoms with Gasteiger partial charge in [0.2, 0.25) is 5.91 Å². The van der Waals surface area contributed by atoms with Crippen molar-refractivity contribution in [1.82, 2.24) is 14.5 Å². The van der Waals surface area contributed by atoms with Crippen LogP contribution in [0.3, 0.4) is 0 Å². The first kappa shape index (κ1) is 20.9. The minimum absolute atomic E-state index is 0.196. The Labute approximate surface area is 182 Å². The van der Waals surface area contributed by atoms with E-state index in [0.717, 1.165) is 28.8 Å². The monoisotopic (exact) mass is 420 g/mol. The Bertz CT molecular complexity index is 1110. The number of amides is 2. The molecule has 0 radical (unpaired) electrons. The van der Waals surface area contributed by atoms with E-state index >= 15 is 0 Å². The number of anilines is 1. The van der Waals surface area contributed by atoms with E-state index in [2.05, 4.69) is 9.88 Å². The molecule has 7 nitrogen and oxygen atoms in total. The van der Waals surface area contributed by atoms with Crippen LogP contribution in [0.4, 0.5) is 10.5 Å². The summed E-state index contributed by atoms with van der Waals surface area (Å²) in [5.74, 6) is 0.671. The number of likely N-dealkylation sites (tertiary alicyclic amines) is 1. The third-order valence-corrected chi connectivity index (χ3v) is 5.38. The maximum atomic E-state index is 12.8. The average Bonchev–Trinajstić information content (AvgIpc) is 3.33. The predicted octanol–water partition coefficient (Wildman–Crippen LogP) is 4.58. The number of aryl methyl sites for hydroxylation is 1. The third-order valence-electron chi connectivity index (χ3n) is 5.38. The van der Waals surface area contributed by atoms with Gasteiger partial charge in [-0.05, 0) is 70.0 Å². The molecule has 0 spiro atoms. The molecule has 2 heterocycles. The fraction of sp³-hybridized carbons (Fsp3) is 0.375. The Balaban J connectivity index is 1.46. The largest absolute Gasteiger partial charge is 0.444 e. The van der Waals surface area contributed by atoms with Gasteiger partial charge in [-0.25, -0.2) is 9.78 Å². The second-order valence-electron chi connectivity index (χ2n) is 8.88. The summed E-state index contributed by atoms with van der Waals surface area (Å²) in [6.07, 6.45) is 0.966. The molecule has 2 aromatic carbocycles. The van der Waals surface area contributed by atoms with Gasteiger partial charge in [-0.2, -0.15) is 0 Å². The molecule has 1 fully saturated rings. The van der Waals surface area contributed by atoms with Gasteiger partial charge >= 0.3 is 6.09 Å². The molecule has 0 bridgehead atoms. The average molecular weight is 421 g/mol. The number of imidazole rings is 1. The number of hydrogen-bond acceptors (Lipinski definition) is 4. The molecule has 1 N–H and O–H groups in total. The highest BCUT2D eigenvalue weighted by atomic mass is 16.6. The lowest BCUT2D eigenvalue weighted by molar-refractivity contribution is -0.120. The second kappa shape index (κ2) is 8.06. The number of para-hydroxylation sites is 2. The first-order valence-corrected chi connectivity index (χ1v) is 10.6. The number of nitrogens with zero attached hydrogens (tertiary/aromatic N) is 3. The SMILES string of the molecule is Cn1c(-c2ccc(NC(=O)C3CCCN3C(=O)OC(C)(C)C)cc2)nc2ccccc21. The molecule has 1 atom stereocenters. The lowest BCUT2D eigenvalue weighted by atomic mass is 10.1. The van der Waals surface area contributed by atoms with Crippen molar-refractivity contribution in [3.05, 3.63) is 48.5 Å². The third kappa shape index (κ3) is 4.40. The van der Waals surface area contributed by atoms with E-state index in [1.165, 1.54) is 4.90 Å². The van der Waals surface area contributed by atoms with Crippen molar-refractivity contribution in [2.75, 3.05) is 11.9 Å². The molecule has 1 saturated heterocycles. The summed E-state index contributed by atoms with van der Waals surface area (Å²) >= 11 is 0. The minimum atomic E-state index is -0.591. The number of nitrogens with one attached hydrogen (secondary N) is 1. The van der Waals surface area contributed by atoms with Gasteiger partial charge in [-0.15, -0.1) is 0 Å². The fourth-order valence-electron chi connectivity index (χ4n) is 3.91. The number of aromatic nitrogens is 2. The van der Waals surface area contributed by atoms with Crippen LogP contribution in [0.5, 0.6) is 0 Å². The first-order valence-electron chi connectivity index (χ1n) is 10.6. The van der Waals surface area contributed by atoms with Crippen LogP contribution in [0, 0.1) is 0 Å². The maximum absolute atomic E-state index is 12.8. The smallest absolute Gasteiger partial charge is 0.410 e. The van der Waals surface area contributed by atoms with E-state index in [1.54, 1.807) is 0 Å². The van der Waals surface area contributed by atoms with Crippen molar-refractivity contribution in [3.63, 3.8) is 0 Å². The zero-order valence-corrected chi connectivity index (χ0v) is 18.4. The molecule has 3 aromatic rings. The minimum Gasteiger partial charge on any atom is -0.444 e. The molecule has 4 rings (SSSR count). The normalized spacial score (nSPS) is 16.5. The van der Waals surface area contributed by atoms with E-state index in [9.17, 15) is 9.59 Å². The number of ether oxygens (including phenoxy) is 1. The van der Waals surface area contributed by atoms with Crippen molar-refractivity contribution in [1.29, 1.82) is 0 Å². The van der Waals surface area contributed by atoms with Crippen molar-refractivity contribution in [3.8, 4) is 11.4 Å². The van der Waals surface area contributed by atoms with E-state index in [4.69, 9.17) is 9.72 Å².